The lowest BCUT2D eigenvalue weighted by Gasteiger charge is -2.25. The van der Waals surface area contributed by atoms with Crippen LogP contribution in [-0.4, -0.2) is 18.1 Å². The fourth-order valence-corrected chi connectivity index (χ4v) is 2.34. The average molecular weight is 250 g/mol. The summed E-state index contributed by atoms with van der Waals surface area (Å²) >= 11 is 0. The number of pyridine rings is 1. The van der Waals surface area contributed by atoms with Gasteiger partial charge in [-0.2, -0.15) is 0 Å². The molecule has 3 nitrogen and oxygen atoms in total. The van der Waals surface area contributed by atoms with Crippen molar-refractivity contribution in [1.82, 2.24) is 10.3 Å². The van der Waals surface area contributed by atoms with Gasteiger partial charge in [0.25, 0.3) is 0 Å². The quantitative estimate of drug-likeness (QED) is 0.766. The van der Waals surface area contributed by atoms with Crippen molar-refractivity contribution in [2.45, 2.75) is 46.6 Å². The van der Waals surface area contributed by atoms with E-state index in [2.05, 4.69) is 37.1 Å². The Morgan fingerprint density at radius 1 is 1.28 bits per heavy atom. The minimum absolute atomic E-state index is 0.364. The zero-order valence-corrected chi connectivity index (χ0v) is 12.1. The zero-order valence-electron chi connectivity index (χ0n) is 12.1. The summed E-state index contributed by atoms with van der Waals surface area (Å²) in [5, 5.41) is 3.56. The van der Waals surface area contributed by atoms with Crippen molar-refractivity contribution in [3.8, 4) is 5.75 Å². The molecular formula is C15H26N2O. The van der Waals surface area contributed by atoms with Crippen molar-refractivity contribution < 1.29 is 4.74 Å². The van der Waals surface area contributed by atoms with Crippen LogP contribution in [0.4, 0.5) is 0 Å². The minimum Gasteiger partial charge on any atom is -0.492 e. The number of hydrogen-bond donors (Lipinski definition) is 1. The first-order chi connectivity index (χ1) is 8.72. The van der Waals surface area contributed by atoms with Crippen molar-refractivity contribution in [3.05, 3.63) is 24.0 Å². The highest BCUT2D eigenvalue weighted by atomic mass is 16.5. The molecular weight excluding hydrogens is 224 g/mol. The predicted octanol–water partition coefficient (Wildman–Crippen LogP) is 3.57. The standard InChI is InChI=1S/C15H26N2O/c1-5-8-12(4)15(17-6-2)13-9-14(18-7-3)11-16-10-13/h9-12,15,17H,5-8H2,1-4H3. The summed E-state index contributed by atoms with van der Waals surface area (Å²) in [4.78, 5) is 4.28. The van der Waals surface area contributed by atoms with Crippen molar-refractivity contribution >= 4 is 0 Å². The van der Waals surface area contributed by atoms with Gasteiger partial charge < -0.3 is 10.1 Å². The Kier molecular flexibility index (Phi) is 6.73. The Balaban J connectivity index is 2.86. The summed E-state index contributed by atoms with van der Waals surface area (Å²) in [5.41, 5.74) is 1.23. The average Bonchev–Trinajstić information content (AvgIpc) is 2.37. The second kappa shape index (κ2) is 8.09. The summed E-state index contributed by atoms with van der Waals surface area (Å²) in [7, 11) is 0. The van der Waals surface area contributed by atoms with E-state index in [-0.39, 0.29) is 0 Å². The number of nitrogens with one attached hydrogen (secondary N) is 1. The van der Waals surface area contributed by atoms with Gasteiger partial charge in [0.05, 0.1) is 12.8 Å². The van der Waals surface area contributed by atoms with E-state index in [1.165, 1.54) is 18.4 Å². The summed E-state index contributed by atoms with van der Waals surface area (Å²) in [6, 6.07) is 2.47. The lowest BCUT2D eigenvalue weighted by atomic mass is 9.92. The summed E-state index contributed by atoms with van der Waals surface area (Å²) < 4.78 is 5.52. The zero-order chi connectivity index (χ0) is 13.4. The summed E-state index contributed by atoms with van der Waals surface area (Å²) in [5.74, 6) is 1.47. The van der Waals surface area contributed by atoms with E-state index in [0.29, 0.717) is 18.6 Å². The maximum absolute atomic E-state index is 5.52. The molecule has 3 heteroatoms. The van der Waals surface area contributed by atoms with Gasteiger partial charge in [0.1, 0.15) is 5.75 Å². The third-order valence-corrected chi connectivity index (χ3v) is 3.14. The predicted molar refractivity (Wildman–Crippen MR) is 75.9 cm³/mol. The molecule has 2 unspecified atom stereocenters. The van der Waals surface area contributed by atoms with Crippen LogP contribution in [0, 0.1) is 5.92 Å². The SMILES string of the molecule is CCCC(C)C(NCC)c1cncc(OCC)c1. The molecule has 0 radical (unpaired) electrons. The van der Waals surface area contributed by atoms with Gasteiger partial charge in [-0.1, -0.05) is 27.2 Å². The van der Waals surface area contributed by atoms with Crippen LogP contribution in [0.2, 0.25) is 0 Å². The molecule has 0 aliphatic carbocycles. The molecule has 1 heterocycles. The molecule has 0 saturated heterocycles. The van der Waals surface area contributed by atoms with Crippen LogP contribution < -0.4 is 10.1 Å². The third kappa shape index (κ3) is 4.30. The number of hydrogen-bond acceptors (Lipinski definition) is 3. The second-order valence-corrected chi connectivity index (χ2v) is 4.69. The molecule has 0 amide bonds. The molecule has 1 aromatic heterocycles. The summed E-state index contributed by atoms with van der Waals surface area (Å²) in [6.07, 6.45) is 6.15. The number of ether oxygens (including phenoxy) is 1. The monoisotopic (exact) mass is 250 g/mol. The molecule has 1 N–H and O–H groups in total. The number of rotatable bonds is 8. The van der Waals surface area contributed by atoms with Crippen molar-refractivity contribution in [2.75, 3.05) is 13.2 Å². The highest BCUT2D eigenvalue weighted by Crippen LogP contribution is 2.27. The Hall–Kier alpha value is -1.09. The number of aromatic nitrogens is 1. The normalized spacial score (nSPS) is 14.2. The maximum atomic E-state index is 5.52. The lowest BCUT2D eigenvalue weighted by Crippen LogP contribution is -2.27. The van der Waals surface area contributed by atoms with E-state index in [9.17, 15) is 0 Å². The van der Waals surface area contributed by atoms with Crippen molar-refractivity contribution in [1.29, 1.82) is 0 Å². The van der Waals surface area contributed by atoms with E-state index in [1.807, 2.05) is 13.1 Å². The Morgan fingerprint density at radius 2 is 2.06 bits per heavy atom. The van der Waals surface area contributed by atoms with Crippen LogP contribution in [0.15, 0.2) is 18.5 Å². The molecule has 0 aromatic carbocycles. The molecule has 0 spiro atoms. The maximum Gasteiger partial charge on any atom is 0.137 e. The first kappa shape index (κ1) is 15.0. The lowest BCUT2D eigenvalue weighted by molar-refractivity contribution is 0.334. The number of nitrogens with zero attached hydrogens (tertiary/aromatic N) is 1. The van der Waals surface area contributed by atoms with Gasteiger partial charge in [0.15, 0.2) is 0 Å². The van der Waals surface area contributed by atoms with Crippen molar-refractivity contribution in [2.24, 2.45) is 5.92 Å². The van der Waals surface area contributed by atoms with Crippen LogP contribution in [0.25, 0.3) is 0 Å². The van der Waals surface area contributed by atoms with Gasteiger partial charge in [-0.25, -0.2) is 0 Å². The molecule has 2 atom stereocenters. The van der Waals surface area contributed by atoms with Crippen molar-refractivity contribution in [3.63, 3.8) is 0 Å². The molecule has 0 bridgehead atoms. The molecule has 18 heavy (non-hydrogen) atoms. The smallest absolute Gasteiger partial charge is 0.137 e. The van der Waals surface area contributed by atoms with Gasteiger partial charge in [-0.3, -0.25) is 4.98 Å². The van der Waals surface area contributed by atoms with Gasteiger partial charge in [0.2, 0.25) is 0 Å². The highest BCUT2D eigenvalue weighted by Gasteiger charge is 2.18. The molecule has 0 fully saturated rings. The Bertz CT molecular complexity index is 341. The Morgan fingerprint density at radius 3 is 2.67 bits per heavy atom. The van der Waals surface area contributed by atoms with Crippen LogP contribution in [-0.2, 0) is 0 Å². The fraction of sp³-hybridized carbons (Fsp3) is 0.667. The fourth-order valence-electron chi connectivity index (χ4n) is 2.34. The minimum atomic E-state index is 0.364. The van der Waals surface area contributed by atoms with E-state index >= 15 is 0 Å². The van der Waals surface area contributed by atoms with Crippen LogP contribution >= 0.6 is 0 Å². The first-order valence-electron chi connectivity index (χ1n) is 7.04. The van der Waals surface area contributed by atoms with E-state index in [1.54, 1.807) is 6.20 Å². The molecule has 0 aliphatic heterocycles. The molecule has 1 rings (SSSR count). The largest absolute Gasteiger partial charge is 0.492 e. The molecule has 0 saturated carbocycles. The second-order valence-electron chi connectivity index (χ2n) is 4.69. The molecule has 0 aliphatic rings. The molecule has 102 valence electrons. The van der Waals surface area contributed by atoms with Gasteiger partial charge in [0, 0.05) is 12.2 Å². The van der Waals surface area contributed by atoms with Crippen LogP contribution in [0.3, 0.4) is 0 Å². The Labute approximate surface area is 111 Å². The first-order valence-corrected chi connectivity index (χ1v) is 7.04. The van der Waals surface area contributed by atoms with Crippen LogP contribution in [0.1, 0.15) is 52.1 Å². The topological polar surface area (TPSA) is 34.2 Å². The summed E-state index contributed by atoms with van der Waals surface area (Å²) in [6.45, 7) is 10.3. The van der Waals surface area contributed by atoms with E-state index < -0.39 is 0 Å². The van der Waals surface area contributed by atoms with E-state index in [0.717, 1.165) is 12.3 Å². The highest BCUT2D eigenvalue weighted by molar-refractivity contribution is 5.26. The molecule has 1 aromatic rings. The van der Waals surface area contributed by atoms with Crippen LogP contribution in [0.5, 0.6) is 5.75 Å². The van der Waals surface area contributed by atoms with Gasteiger partial charge >= 0.3 is 0 Å². The van der Waals surface area contributed by atoms with E-state index in [4.69, 9.17) is 4.74 Å². The third-order valence-electron chi connectivity index (χ3n) is 3.14. The van der Waals surface area contributed by atoms with Gasteiger partial charge in [-0.15, -0.1) is 0 Å². The van der Waals surface area contributed by atoms with Gasteiger partial charge in [-0.05, 0) is 37.4 Å².